The smallest absolute Gasteiger partial charge is 0.241 e. The number of ether oxygens (including phenoxy) is 1. The molecule has 1 atom stereocenters. The topological polar surface area (TPSA) is 71.5 Å². The average molecular weight is 347 g/mol. The zero-order chi connectivity index (χ0) is 17.2. The van der Waals surface area contributed by atoms with Crippen molar-refractivity contribution in [2.75, 3.05) is 31.6 Å². The van der Waals surface area contributed by atoms with Crippen LogP contribution in [0.15, 0.2) is 47.5 Å². The number of nitrogens with one attached hydrogen (secondary N) is 1. The van der Waals surface area contributed by atoms with Crippen molar-refractivity contribution in [2.45, 2.75) is 17.9 Å². The normalized spacial score (nSPS) is 18.6. The van der Waals surface area contributed by atoms with Crippen LogP contribution < -0.4 is 9.62 Å². The van der Waals surface area contributed by atoms with Gasteiger partial charge < -0.3 is 9.64 Å². The van der Waals surface area contributed by atoms with Gasteiger partial charge in [-0.05, 0) is 37.2 Å². The Kier molecular flexibility index (Phi) is 4.84. The molecule has 24 heavy (non-hydrogen) atoms. The van der Waals surface area contributed by atoms with Gasteiger partial charge in [0.25, 0.3) is 0 Å². The molecule has 0 bridgehead atoms. The van der Waals surface area contributed by atoms with Gasteiger partial charge in [-0.2, -0.15) is 0 Å². The molecule has 2 aromatic rings. The van der Waals surface area contributed by atoms with Crippen LogP contribution in [0.25, 0.3) is 0 Å². The van der Waals surface area contributed by atoms with Crippen LogP contribution >= 0.6 is 0 Å². The summed E-state index contributed by atoms with van der Waals surface area (Å²) in [4.78, 5) is 6.60. The summed E-state index contributed by atoms with van der Waals surface area (Å²) in [5.41, 5.74) is 2.38. The van der Waals surface area contributed by atoms with Gasteiger partial charge in [-0.15, -0.1) is 0 Å². The van der Waals surface area contributed by atoms with Crippen LogP contribution in [0.3, 0.4) is 0 Å². The third-order valence-electron chi connectivity index (χ3n) is 4.23. The number of nitrogens with zero attached hydrogens (tertiary/aromatic N) is 2. The van der Waals surface area contributed by atoms with Crippen molar-refractivity contribution in [3.63, 3.8) is 0 Å². The third kappa shape index (κ3) is 3.43. The van der Waals surface area contributed by atoms with Gasteiger partial charge in [0.1, 0.15) is 16.8 Å². The van der Waals surface area contributed by atoms with Crippen molar-refractivity contribution < 1.29 is 13.2 Å². The van der Waals surface area contributed by atoms with Crippen LogP contribution in [0.5, 0.6) is 0 Å². The Morgan fingerprint density at radius 3 is 2.71 bits per heavy atom. The van der Waals surface area contributed by atoms with Gasteiger partial charge in [-0.25, -0.2) is 18.1 Å². The molecule has 1 aliphatic heterocycles. The molecule has 1 unspecified atom stereocenters. The Morgan fingerprint density at radius 1 is 1.25 bits per heavy atom. The van der Waals surface area contributed by atoms with Crippen molar-refractivity contribution in [2.24, 2.45) is 0 Å². The fourth-order valence-corrected chi connectivity index (χ4v) is 3.50. The van der Waals surface area contributed by atoms with E-state index in [0.29, 0.717) is 13.2 Å². The molecule has 1 N–H and O–H groups in total. The third-order valence-corrected chi connectivity index (χ3v) is 5.63. The number of sulfonamides is 1. The monoisotopic (exact) mass is 347 g/mol. The number of rotatable bonds is 4. The minimum absolute atomic E-state index is 0.0116. The number of hydrogen-bond donors (Lipinski definition) is 1. The lowest BCUT2D eigenvalue weighted by Crippen LogP contribution is -2.39. The van der Waals surface area contributed by atoms with Crippen molar-refractivity contribution in [1.82, 2.24) is 9.71 Å². The minimum atomic E-state index is -3.46. The summed E-state index contributed by atoms with van der Waals surface area (Å²) in [7, 11) is -2.07. The van der Waals surface area contributed by atoms with Crippen LogP contribution in [0.2, 0.25) is 0 Å². The second kappa shape index (κ2) is 6.88. The number of aromatic nitrogens is 1. The lowest BCUT2D eigenvalue weighted by molar-refractivity contribution is 0.0391. The zero-order valence-electron chi connectivity index (χ0n) is 13.8. The first-order chi connectivity index (χ1) is 11.5. The molecular weight excluding hydrogens is 326 g/mol. The predicted octanol–water partition coefficient (Wildman–Crippen LogP) is 1.88. The summed E-state index contributed by atoms with van der Waals surface area (Å²) in [6.07, 6.45) is 1.38. The highest BCUT2D eigenvalue weighted by Crippen LogP contribution is 2.27. The highest BCUT2D eigenvalue weighted by molar-refractivity contribution is 7.89. The summed E-state index contributed by atoms with van der Waals surface area (Å²) in [5, 5.41) is 0. The van der Waals surface area contributed by atoms with E-state index in [4.69, 9.17) is 4.74 Å². The maximum atomic E-state index is 11.8. The molecule has 0 radical (unpaired) electrons. The van der Waals surface area contributed by atoms with Gasteiger partial charge in [0.2, 0.25) is 10.0 Å². The molecule has 6 nitrogen and oxygen atoms in total. The van der Waals surface area contributed by atoms with E-state index < -0.39 is 10.0 Å². The van der Waals surface area contributed by atoms with Crippen molar-refractivity contribution in [3.05, 3.63) is 53.7 Å². The van der Waals surface area contributed by atoms with Crippen LogP contribution in [0.4, 0.5) is 5.82 Å². The Labute approximate surface area is 142 Å². The maximum Gasteiger partial charge on any atom is 0.241 e. The number of morpholine rings is 1. The highest BCUT2D eigenvalue weighted by Gasteiger charge is 2.24. The number of hydrogen-bond acceptors (Lipinski definition) is 5. The number of aryl methyl sites for hydroxylation is 1. The second-order valence-electron chi connectivity index (χ2n) is 5.72. The fourth-order valence-electron chi connectivity index (χ4n) is 2.83. The van der Waals surface area contributed by atoms with Crippen molar-refractivity contribution in [3.8, 4) is 0 Å². The first-order valence-corrected chi connectivity index (χ1v) is 9.31. The lowest BCUT2D eigenvalue weighted by Gasteiger charge is -2.34. The lowest BCUT2D eigenvalue weighted by atomic mass is 10.0. The quantitative estimate of drug-likeness (QED) is 0.914. The van der Waals surface area contributed by atoms with Gasteiger partial charge >= 0.3 is 0 Å². The van der Waals surface area contributed by atoms with E-state index in [1.54, 1.807) is 12.1 Å². The zero-order valence-corrected chi connectivity index (χ0v) is 14.6. The maximum absolute atomic E-state index is 11.8. The standard InChI is InChI=1S/C17H21N3O3S/c1-13-5-3-4-6-15(13)16-12-20(9-10-23-16)17-8-7-14(11-19-17)24(21,22)18-2/h3-8,11,16,18H,9-10,12H2,1-2H3. The largest absolute Gasteiger partial charge is 0.370 e. The summed E-state index contributed by atoms with van der Waals surface area (Å²) in [6, 6.07) is 11.5. The molecule has 0 amide bonds. The summed E-state index contributed by atoms with van der Waals surface area (Å²) in [6.45, 7) is 4.11. The van der Waals surface area contributed by atoms with Crippen LogP contribution in [-0.2, 0) is 14.8 Å². The van der Waals surface area contributed by atoms with E-state index in [2.05, 4.69) is 33.7 Å². The van der Waals surface area contributed by atoms with E-state index in [-0.39, 0.29) is 11.0 Å². The first-order valence-electron chi connectivity index (χ1n) is 7.83. The molecule has 3 rings (SSSR count). The second-order valence-corrected chi connectivity index (χ2v) is 7.61. The number of anilines is 1. The molecule has 7 heteroatoms. The van der Waals surface area contributed by atoms with Gasteiger partial charge in [-0.3, -0.25) is 0 Å². The molecule has 0 spiro atoms. The summed E-state index contributed by atoms with van der Waals surface area (Å²) >= 11 is 0. The van der Waals surface area contributed by atoms with Crippen LogP contribution in [0, 0.1) is 6.92 Å². The van der Waals surface area contributed by atoms with Crippen molar-refractivity contribution in [1.29, 1.82) is 0 Å². The Hall–Kier alpha value is -1.96. The van der Waals surface area contributed by atoms with Crippen LogP contribution in [-0.4, -0.2) is 40.1 Å². The molecule has 1 aromatic heterocycles. The predicted molar refractivity (Wildman–Crippen MR) is 92.6 cm³/mol. The van der Waals surface area contributed by atoms with Crippen molar-refractivity contribution >= 4 is 15.8 Å². The van der Waals surface area contributed by atoms with Gasteiger partial charge in [0, 0.05) is 19.3 Å². The molecule has 2 heterocycles. The average Bonchev–Trinajstić information content (AvgIpc) is 2.62. The highest BCUT2D eigenvalue weighted by atomic mass is 32.2. The molecular formula is C17H21N3O3S. The Balaban J connectivity index is 1.79. The molecule has 1 saturated heterocycles. The molecule has 1 aliphatic rings. The van der Waals surface area contributed by atoms with E-state index in [9.17, 15) is 8.42 Å². The minimum Gasteiger partial charge on any atom is -0.370 e. The van der Waals surface area contributed by atoms with E-state index >= 15 is 0 Å². The first kappa shape index (κ1) is 16.9. The molecule has 128 valence electrons. The Bertz CT molecular complexity index is 806. The number of pyridine rings is 1. The van der Waals surface area contributed by atoms with Gasteiger partial charge in [-0.1, -0.05) is 24.3 Å². The van der Waals surface area contributed by atoms with E-state index in [0.717, 1.165) is 12.4 Å². The van der Waals surface area contributed by atoms with E-state index in [1.807, 2.05) is 12.1 Å². The fraction of sp³-hybridized carbons (Fsp3) is 0.353. The van der Waals surface area contributed by atoms with E-state index in [1.165, 1.54) is 24.4 Å². The number of benzene rings is 1. The van der Waals surface area contributed by atoms with Gasteiger partial charge in [0.15, 0.2) is 0 Å². The van der Waals surface area contributed by atoms with Crippen LogP contribution in [0.1, 0.15) is 17.2 Å². The van der Waals surface area contributed by atoms with Gasteiger partial charge in [0.05, 0.1) is 6.61 Å². The summed E-state index contributed by atoms with van der Waals surface area (Å²) < 4.78 is 31.8. The molecule has 0 saturated carbocycles. The molecule has 1 aromatic carbocycles. The molecule has 0 aliphatic carbocycles. The molecule has 1 fully saturated rings. The Morgan fingerprint density at radius 2 is 2.04 bits per heavy atom. The summed E-state index contributed by atoms with van der Waals surface area (Å²) in [5.74, 6) is 0.756. The SMILES string of the molecule is CNS(=O)(=O)c1ccc(N2CCOC(c3ccccc3C)C2)nc1.